The zero-order valence-corrected chi connectivity index (χ0v) is 8.32. The van der Waals surface area contributed by atoms with E-state index in [-0.39, 0.29) is 10.6 Å². The second-order valence-corrected chi connectivity index (χ2v) is 3.02. The molecule has 1 N–H and O–H groups in total. The van der Waals surface area contributed by atoms with Gasteiger partial charge in [-0.3, -0.25) is 9.63 Å². The molecular formula is C8H7Cl2NO2. The van der Waals surface area contributed by atoms with Crippen LogP contribution in [0.5, 0.6) is 0 Å². The van der Waals surface area contributed by atoms with Crippen LogP contribution in [0.3, 0.4) is 0 Å². The van der Waals surface area contributed by atoms with Gasteiger partial charge in [-0.2, -0.15) is 0 Å². The fraction of sp³-hybridized carbons (Fsp3) is 0.125. The van der Waals surface area contributed by atoms with Crippen LogP contribution in [0, 0.1) is 0 Å². The van der Waals surface area contributed by atoms with Gasteiger partial charge >= 0.3 is 0 Å². The SMILES string of the molecule is CONC(=O)c1cccc(Cl)c1Cl. The first kappa shape index (κ1) is 10.3. The maximum atomic E-state index is 11.2. The lowest BCUT2D eigenvalue weighted by Gasteiger charge is -2.04. The average molecular weight is 220 g/mol. The van der Waals surface area contributed by atoms with Crippen LogP contribution in [-0.2, 0) is 4.84 Å². The fourth-order valence-corrected chi connectivity index (χ4v) is 1.21. The Balaban J connectivity index is 3.01. The molecule has 1 rings (SSSR count). The number of hydroxylamine groups is 1. The number of carbonyl (C=O) groups excluding carboxylic acids is 1. The van der Waals surface area contributed by atoms with Gasteiger partial charge < -0.3 is 0 Å². The highest BCUT2D eigenvalue weighted by Crippen LogP contribution is 2.25. The van der Waals surface area contributed by atoms with Gasteiger partial charge in [0.1, 0.15) is 0 Å². The van der Waals surface area contributed by atoms with Crippen LogP contribution in [0.15, 0.2) is 18.2 Å². The molecule has 0 atom stereocenters. The Morgan fingerprint density at radius 3 is 2.77 bits per heavy atom. The summed E-state index contributed by atoms with van der Waals surface area (Å²) < 4.78 is 0. The predicted octanol–water partition coefficient (Wildman–Crippen LogP) is 2.28. The first-order valence-electron chi connectivity index (χ1n) is 3.44. The van der Waals surface area contributed by atoms with Gasteiger partial charge in [-0.1, -0.05) is 29.3 Å². The number of amides is 1. The summed E-state index contributed by atoms with van der Waals surface area (Å²) >= 11 is 11.5. The van der Waals surface area contributed by atoms with Crippen LogP contribution < -0.4 is 5.48 Å². The number of hydrogen-bond donors (Lipinski definition) is 1. The van der Waals surface area contributed by atoms with Crippen LogP contribution in [0.1, 0.15) is 10.4 Å². The van der Waals surface area contributed by atoms with Crippen molar-refractivity contribution in [2.24, 2.45) is 0 Å². The van der Waals surface area contributed by atoms with E-state index < -0.39 is 5.91 Å². The molecule has 0 saturated carbocycles. The maximum absolute atomic E-state index is 11.2. The van der Waals surface area contributed by atoms with E-state index in [0.29, 0.717) is 5.02 Å². The molecule has 1 aromatic carbocycles. The van der Waals surface area contributed by atoms with Crippen molar-refractivity contribution in [1.29, 1.82) is 0 Å². The lowest BCUT2D eigenvalue weighted by molar-refractivity contribution is 0.0538. The zero-order chi connectivity index (χ0) is 9.84. The number of halogens is 2. The molecule has 0 saturated heterocycles. The van der Waals surface area contributed by atoms with E-state index in [9.17, 15) is 4.79 Å². The Kier molecular flexibility index (Phi) is 3.54. The van der Waals surface area contributed by atoms with Crippen molar-refractivity contribution in [1.82, 2.24) is 5.48 Å². The van der Waals surface area contributed by atoms with Gasteiger partial charge in [0.05, 0.1) is 22.7 Å². The van der Waals surface area contributed by atoms with Gasteiger partial charge in [0.2, 0.25) is 0 Å². The summed E-state index contributed by atoms with van der Waals surface area (Å²) in [6.45, 7) is 0. The Bertz CT molecular complexity index is 328. The summed E-state index contributed by atoms with van der Waals surface area (Å²) in [6.07, 6.45) is 0. The van der Waals surface area contributed by atoms with Crippen LogP contribution >= 0.6 is 23.2 Å². The summed E-state index contributed by atoms with van der Waals surface area (Å²) in [4.78, 5) is 15.7. The second-order valence-electron chi connectivity index (χ2n) is 2.24. The maximum Gasteiger partial charge on any atom is 0.276 e. The number of rotatable bonds is 2. The monoisotopic (exact) mass is 219 g/mol. The van der Waals surface area contributed by atoms with E-state index in [2.05, 4.69) is 10.3 Å². The normalized spacial score (nSPS) is 9.77. The Labute approximate surface area is 85.5 Å². The number of carbonyl (C=O) groups is 1. The molecule has 0 unspecified atom stereocenters. The lowest BCUT2D eigenvalue weighted by Crippen LogP contribution is -2.22. The smallest absolute Gasteiger partial charge is 0.276 e. The highest BCUT2D eigenvalue weighted by atomic mass is 35.5. The van der Waals surface area contributed by atoms with E-state index in [0.717, 1.165) is 0 Å². The van der Waals surface area contributed by atoms with Gasteiger partial charge in [0.25, 0.3) is 5.91 Å². The molecule has 3 nitrogen and oxygen atoms in total. The minimum absolute atomic E-state index is 0.221. The van der Waals surface area contributed by atoms with Gasteiger partial charge in [-0.05, 0) is 12.1 Å². The molecule has 5 heteroatoms. The average Bonchev–Trinajstić information content (AvgIpc) is 2.10. The molecule has 0 spiro atoms. The van der Waals surface area contributed by atoms with Crippen LogP contribution in [0.4, 0.5) is 0 Å². The first-order chi connectivity index (χ1) is 6.16. The molecular weight excluding hydrogens is 213 g/mol. The lowest BCUT2D eigenvalue weighted by atomic mass is 10.2. The third-order valence-electron chi connectivity index (χ3n) is 1.39. The zero-order valence-electron chi connectivity index (χ0n) is 6.80. The van der Waals surface area contributed by atoms with Crippen molar-refractivity contribution in [3.8, 4) is 0 Å². The summed E-state index contributed by atoms with van der Waals surface area (Å²) in [6, 6.07) is 4.80. The molecule has 0 aliphatic heterocycles. The molecule has 0 radical (unpaired) electrons. The molecule has 0 bridgehead atoms. The summed E-state index contributed by atoms with van der Waals surface area (Å²) in [5.74, 6) is -0.421. The van der Waals surface area contributed by atoms with E-state index in [1.54, 1.807) is 18.2 Å². The summed E-state index contributed by atoms with van der Waals surface area (Å²) in [5.41, 5.74) is 2.44. The van der Waals surface area contributed by atoms with Crippen molar-refractivity contribution < 1.29 is 9.63 Å². The van der Waals surface area contributed by atoms with E-state index in [1.165, 1.54) is 7.11 Å². The van der Waals surface area contributed by atoms with Crippen LogP contribution in [-0.4, -0.2) is 13.0 Å². The summed E-state index contributed by atoms with van der Waals surface area (Å²) in [7, 11) is 1.34. The molecule has 13 heavy (non-hydrogen) atoms. The molecule has 1 aromatic rings. The predicted molar refractivity (Wildman–Crippen MR) is 50.9 cm³/mol. The second kappa shape index (κ2) is 4.46. The molecule has 0 aromatic heterocycles. The van der Waals surface area contributed by atoms with Gasteiger partial charge in [0.15, 0.2) is 0 Å². The minimum atomic E-state index is -0.421. The van der Waals surface area contributed by atoms with Crippen LogP contribution in [0.25, 0.3) is 0 Å². The quantitative estimate of drug-likeness (QED) is 0.776. The van der Waals surface area contributed by atoms with Gasteiger partial charge in [-0.15, -0.1) is 0 Å². The van der Waals surface area contributed by atoms with Gasteiger partial charge in [-0.25, -0.2) is 5.48 Å². The molecule has 0 aliphatic carbocycles. The summed E-state index contributed by atoms with van der Waals surface area (Å²) in [5, 5.41) is 0.559. The number of hydrogen-bond acceptors (Lipinski definition) is 2. The van der Waals surface area contributed by atoms with Crippen molar-refractivity contribution in [3.63, 3.8) is 0 Å². The number of benzene rings is 1. The number of nitrogens with one attached hydrogen (secondary N) is 1. The topological polar surface area (TPSA) is 38.3 Å². The Hall–Kier alpha value is -0.770. The molecule has 0 fully saturated rings. The molecule has 1 amide bonds. The van der Waals surface area contributed by atoms with Gasteiger partial charge in [0, 0.05) is 0 Å². The van der Waals surface area contributed by atoms with E-state index >= 15 is 0 Å². The highest BCUT2D eigenvalue weighted by Gasteiger charge is 2.11. The van der Waals surface area contributed by atoms with Crippen molar-refractivity contribution in [2.45, 2.75) is 0 Å². The molecule has 70 valence electrons. The van der Waals surface area contributed by atoms with Crippen molar-refractivity contribution >= 4 is 29.1 Å². The van der Waals surface area contributed by atoms with Crippen molar-refractivity contribution in [2.75, 3.05) is 7.11 Å². The fourth-order valence-electron chi connectivity index (χ4n) is 0.827. The Morgan fingerprint density at radius 1 is 1.46 bits per heavy atom. The third-order valence-corrected chi connectivity index (χ3v) is 2.21. The highest BCUT2D eigenvalue weighted by molar-refractivity contribution is 6.43. The largest absolute Gasteiger partial charge is 0.277 e. The Morgan fingerprint density at radius 2 is 2.15 bits per heavy atom. The van der Waals surface area contributed by atoms with E-state index in [1.807, 2.05) is 0 Å². The van der Waals surface area contributed by atoms with Crippen molar-refractivity contribution in [3.05, 3.63) is 33.8 Å². The third kappa shape index (κ3) is 2.34. The van der Waals surface area contributed by atoms with E-state index in [4.69, 9.17) is 23.2 Å². The molecule has 0 heterocycles. The first-order valence-corrected chi connectivity index (χ1v) is 4.19. The minimum Gasteiger partial charge on any atom is -0.277 e. The molecule has 0 aliphatic rings. The van der Waals surface area contributed by atoms with Crippen LogP contribution in [0.2, 0.25) is 10.0 Å². The standard InChI is InChI=1S/C8H7Cl2NO2/c1-13-11-8(12)5-3-2-4-6(9)7(5)10/h2-4H,1H3,(H,11,12).